The smallest absolute Gasteiger partial charge is 0.272 e. The molecule has 21 heavy (non-hydrogen) atoms. The Labute approximate surface area is 123 Å². The SMILES string of the molecule is O=C(c1ccn[nH]1)N(Cc1cccnc1)CC1CCCO1. The molecule has 0 aliphatic carbocycles. The van der Waals surface area contributed by atoms with E-state index in [0.29, 0.717) is 18.8 Å². The number of carbonyl (C=O) groups excluding carboxylic acids is 1. The highest BCUT2D eigenvalue weighted by molar-refractivity contribution is 5.92. The van der Waals surface area contributed by atoms with Gasteiger partial charge >= 0.3 is 0 Å². The van der Waals surface area contributed by atoms with Crippen molar-refractivity contribution in [3.05, 3.63) is 48.0 Å². The maximum absolute atomic E-state index is 12.6. The fourth-order valence-electron chi connectivity index (χ4n) is 2.51. The second kappa shape index (κ2) is 6.49. The highest BCUT2D eigenvalue weighted by Crippen LogP contribution is 2.16. The lowest BCUT2D eigenvalue weighted by Crippen LogP contribution is -2.37. The monoisotopic (exact) mass is 286 g/mol. The number of aromatic amines is 1. The van der Waals surface area contributed by atoms with Crippen molar-refractivity contribution < 1.29 is 9.53 Å². The van der Waals surface area contributed by atoms with E-state index in [1.54, 1.807) is 29.6 Å². The fraction of sp³-hybridized carbons (Fsp3) is 0.400. The molecular formula is C15H18N4O2. The van der Waals surface area contributed by atoms with Crippen LogP contribution < -0.4 is 0 Å². The van der Waals surface area contributed by atoms with Crippen LogP contribution in [0.2, 0.25) is 0 Å². The number of hydrogen-bond acceptors (Lipinski definition) is 4. The molecule has 1 unspecified atom stereocenters. The Hall–Kier alpha value is -2.21. The lowest BCUT2D eigenvalue weighted by molar-refractivity contribution is 0.0502. The maximum Gasteiger partial charge on any atom is 0.272 e. The molecule has 6 heteroatoms. The lowest BCUT2D eigenvalue weighted by atomic mass is 10.2. The maximum atomic E-state index is 12.6. The lowest BCUT2D eigenvalue weighted by Gasteiger charge is -2.25. The second-order valence-electron chi connectivity index (χ2n) is 5.15. The molecule has 110 valence electrons. The minimum Gasteiger partial charge on any atom is -0.376 e. The van der Waals surface area contributed by atoms with E-state index in [4.69, 9.17) is 4.74 Å². The van der Waals surface area contributed by atoms with Gasteiger partial charge in [-0.25, -0.2) is 0 Å². The number of aromatic nitrogens is 3. The number of hydrogen-bond donors (Lipinski definition) is 1. The number of H-pyrrole nitrogens is 1. The number of nitrogens with one attached hydrogen (secondary N) is 1. The quantitative estimate of drug-likeness (QED) is 0.906. The number of nitrogens with zero attached hydrogens (tertiary/aromatic N) is 3. The standard InChI is InChI=1S/C15H18N4O2/c20-15(14-5-7-17-18-14)19(11-13-4-2-8-21-13)10-12-3-1-6-16-9-12/h1,3,5-7,9,13H,2,4,8,10-11H2,(H,17,18). The van der Waals surface area contributed by atoms with Crippen LogP contribution in [0.4, 0.5) is 0 Å². The van der Waals surface area contributed by atoms with Gasteiger partial charge in [0.1, 0.15) is 5.69 Å². The summed E-state index contributed by atoms with van der Waals surface area (Å²) < 4.78 is 5.65. The van der Waals surface area contributed by atoms with Gasteiger partial charge < -0.3 is 9.64 Å². The average Bonchev–Trinajstić information content (AvgIpc) is 3.20. The van der Waals surface area contributed by atoms with Crippen LogP contribution in [0.1, 0.15) is 28.9 Å². The van der Waals surface area contributed by atoms with Crippen molar-refractivity contribution in [1.82, 2.24) is 20.1 Å². The molecule has 2 aromatic rings. The van der Waals surface area contributed by atoms with Gasteiger partial charge in [0, 0.05) is 38.3 Å². The van der Waals surface area contributed by atoms with Gasteiger partial charge in [-0.05, 0) is 30.5 Å². The van der Waals surface area contributed by atoms with Crippen molar-refractivity contribution in [2.75, 3.05) is 13.2 Å². The third-order valence-electron chi connectivity index (χ3n) is 3.56. The van der Waals surface area contributed by atoms with Gasteiger partial charge in [0.05, 0.1) is 6.10 Å². The summed E-state index contributed by atoms with van der Waals surface area (Å²) >= 11 is 0. The van der Waals surface area contributed by atoms with Gasteiger partial charge in [-0.3, -0.25) is 14.9 Å². The van der Waals surface area contributed by atoms with Crippen LogP contribution in [0, 0.1) is 0 Å². The molecule has 1 aliphatic rings. The Bertz CT molecular complexity index is 565. The summed E-state index contributed by atoms with van der Waals surface area (Å²) in [6.07, 6.45) is 7.27. The predicted molar refractivity (Wildman–Crippen MR) is 76.5 cm³/mol. The van der Waals surface area contributed by atoms with Crippen molar-refractivity contribution in [2.45, 2.75) is 25.5 Å². The van der Waals surface area contributed by atoms with Crippen molar-refractivity contribution in [3.8, 4) is 0 Å². The van der Waals surface area contributed by atoms with E-state index in [2.05, 4.69) is 15.2 Å². The van der Waals surface area contributed by atoms with Gasteiger partial charge in [-0.1, -0.05) is 6.07 Å². The third kappa shape index (κ3) is 3.46. The molecule has 1 amide bonds. The highest BCUT2D eigenvalue weighted by atomic mass is 16.5. The summed E-state index contributed by atoms with van der Waals surface area (Å²) in [6.45, 7) is 1.89. The summed E-state index contributed by atoms with van der Waals surface area (Å²) in [5.74, 6) is -0.0631. The summed E-state index contributed by atoms with van der Waals surface area (Å²) in [7, 11) is 0. The molecule has 3 rings (SSSR count). The van der Waals surface area contributed by atoms with Crippen LogP contribution >= 0.6 is 0 Å². The van der Waals surface area contributed by atoms with Crippen LogP contribution in [-0.4, -0.2) is 45.2 Å². The van der Waals surface area contributed by atoms with Crippen LogP contribution in [0.3, 0.4) is 0 Å². The van der Waals surface area contributed by atoms with Crippen LogP contribution in [-0.2, 0) is 11.3 Å². The summed E-state index contributed by atoms with van der Waals surface area (Å²) in [6, 6.07) is 5.53. The number of carbonyl (C=O) groups is 1. The Morgan fingerprint density at radius 3 is 3.05 bits per heavy atom. The zero-order valence-corrected chi connectivity index (χ0v) is 11.7. The Kier molecular flexibility index (Phi) is 4.25. The van der Waals surface area contributed by atoms with Crippen molar-refractivity contribution in [1.29, 1.82) is 0 Å². The molecule has 6 nitrogen and oxygen atoms in total. The first-order valence-corrected chi connectivity index (χ1v) is 7.12. The topological polar surface area (TPSA) is 71.1 Å². The van der Waals surface area contributed by atoms with E-state index in [0.717, 1.165) is 25.0 Å². The van der Waals surface area contributed by atoms with Crippen molar-refractivity contribution in [2.24, 2.45) is 0 Å². The van der Waals surface area contributed by atoms with E-state index >= 15 is 0 Å². The van der Waals surface area contributed by atoms with E-state index < -0.39 is 0 Å². The van der Waals surface area contributed by atoms with Gasteiger partial charge in [0.2, 0.25) is 0 Å². The van der Waals surface area contributed by atoms with E-state index in [9.17, 15) is 4.79 Å². The van der Waals surface area contributed by atoms with Gasteiger partial charge in [-0.2, -0.15) is 5.10 Å². The van der Waals surface area contributed by atoms with E-state index in [1.165, 1.54) is 0 Å². The molecule has 0 saturated carbocycles. The third-order valence-corrected chi connectivity index (χ3v) is 3.56. The Morgan fingerprint density at radius 2 is 2.38 bits per heavy atom. The average molecular weight is 286 g/mol. The number of pyridine rings is 1. The van der Waals surface area contributed by atoms with Crippen LogP contribution in [0.5, 0.6) is 0 Å². The molecule has 1 saturated heterocycles. The van der Waals surface area contributed by atoms with E-state index in [-0.39, 0.29) is 12.0 Å². The minimum atomic E-state index is -0.0631. The van der Waals surface area contributed by atoms with Gasteiger partial charge in [0.15, 0.2) is 0 Å². The first kappa shape index (κ1) is 13.8. The Balaban J connectivity index is 1.75. The zero-order valence-electron chi connectivity index (χ0n) is 11.7. The molecule has 1 atom stereocenters. The zero-order chi connectivity index (χ0) is 14.5. The molecule has 0 bridgehead atoms. The molecule has 2 aromatic heterocycles. The first-order chi connectivity index (χ1) is 10.3. The summed E-state index contributed by atoms with van der Waals surface area (Å²) in [5.41, 5.74) is 1.50. The number of amides is 1. The van der Waals surface area contributed by atoms with Crippen molar-refractivity contribution in [3.63, 3.8) is 0 Å². The number of ether oxygens (including phenoxy) is 1. The minimum absolute atomic E-state index is 0.0631. The largest absolute Gasteiger partial charge is 0.376 e. The molecule has 3 heterocycles. The highest BCUT2D eigenvalue weighted by Gasteiger charge is 2.24. The normalized spacial score (nSPS) is 17.8. The van der Waals surface area contributed by atoms with E-state index in [1.807, 2.05) is 12.1 Å². The van der Waals surface area contributed by atoms with Crippen LogP contribution in [0.25, 0.3) is 0 Å². The van der Waals surface area contributed by atoms with Gasteiger partial charge in [-0.15, -0.1) is 0 Å². The summed E-state index contributed by atoms with van der Waals surface area (Å²) in [5, 5.41) is 6.58. The van der Waals surface area contributed by atoms with Crippen molar-refractivity contribution >= 4 is 5.91 Å². The second-order valence-corrected chi connectivity index (χ2v) is 5.15. The molecule has 0 spiro atoms. The summed E-state index contributed by atoms with van der Waals surface area (Å²) in [4.78, 5) is 18.5. The molecule has 0 aromatic carbocycles. The molecular weight excluding hydrogens is 268 g/mol. The fourth-order valence-corrected chi connectivity index (χ4v) is 2.51. The predicted octanol–water partition coefficient (Wildman–Crippen LogP) is 1.63. The number of rotatable bonds is 5. The molecule has 1 fully saturated rings. The molecule has 0 radical (unpaired) electrons. The molecule has 1 aliphatic heterocycles. The van der Waals surface area contributed by atoms with Gasteiger partial charge in [0.25, 0.3) is 5.91 Å². The Morgan fingerprint density at radius 1 is 1.43 bits per heavy atom. The first-order valence-electron chi connectivity index (χ1n) is 7.12. The molecule has 1 N–H and O–H groups in total. The van der Waals surface area contributed by atoms with Crippen LogP contribution in [0.15, 0.2) is 36.8 Å².